The van der Waals surface area contributed by atoms with Crippen LogP contribution in [-0.2, 0) is 11.4 Å². The number of ether oxygens (including phenoxy) is 1. The van der Waals surface area contributed by atoms with E-state index in [0.717, 1.165) is 36.4 Å². The maximum atomic E-state index is 12.5. The van der Waals surface area contributed by atoms with Crippen molar-refractivity contribution in [3.05, 3.63) is 45.9 Å². The van der Waals surface area contributed by atoms with Crippen molar-refractivity contribution >= 4 is 23.2 Å². The van der Waals surface area contributed by atoms with Gasteiger partial charge in [0.05, 0.1) is 0 Å². The van der Waals surface area contributed by atoms with Crippen molar-refractivity contribution in [1.29, 1.82) is 0 Å². The van der Waals surface area contributed by atoms with Gasteiger partial charge in [-0.15, -0.1) is 11.3 Å². The molecule has 1 fully saturated rings. The van der Waals surface area contributed by atoms with Gasteiger partial charge in [0.15, 0.2) is 0 Å². The zero-order valence-corrected chi connectivity index (χ0v) is 18.8. The van der Waals surface area contributed by atoms with Crippen LogP contribution < -0.4 is 15.4 Å². The van der Waals surface area contributed by atoms with E-state index in [-0.39, 0.29) is 23.9 Å². The van der Waals surface area contributed by atoms with E-state index in [1.807, 2.05) is 19.1 Å². The Morgan fingerprint density at radius 3 is 2.33 bits per heavy atom. The predicted octanol–water partition coefficient (Wildman–Crippen LogP) is 4.41. The van der Waals surface area contributed by atoms with Gasteiger partial charge in [-0.1, -0.05) is 32.9 Å². The van der Waals surface area contributed by atoms with Crippen molar-refractivity contribution in [2.45, 2.75) is 77.5 Å². The fourth-order valence-electron chi connectivity index (χ4n) is 3.55. The summed E-state index contributed by atoms with van der Waals surface area (Å²) in [6.07, 6.45) is 4.03. The normalized spacial score (nSPS) is 18.8. The Balaban J connectivity index is 1.44. The van der Waals surface area contributed by atoms with Gasteiger partial charge in [-0.25, -0.2) is 4.98 Å². The second-order valence-corrected chi connectivity index (χ2v) is 9.02. The number of nitrogens with one attached hydrogen (secondary N) is 2. The highest BCUT2D eigenvalue weighted by molar-refractivity contribution is 7.09. The third kappa shape index (κ3) is 6.29. The summed E-state index contributed by atoms with van der Waals surface area (Å²) in [5.41, 5.74) is 1.72. The molecule has 2 N–H and O–H groups in total. The summed E-state index contributed by atoms with van der Waals surface area (Å²) in [6, 6.07) is 8.44. The number of aromatic nitrogens is 1. The number of carbonyl (C=O) groups is 2. The van der Waals surface area contributed by atoms with Gasteiger partial charge in [0.2, 0.25) is 5.91 Å². The maximum absolute atomic E-state index is 12.5. The quantitative estimate of drug-likeness (QED) is 0.651. The van der Waals surface area contributed by atoms with Crippen molar-refractivity contribution < 1.29 is 14.3 Å². The standard InChI is InChI=1S/C23H31N3O3S/c1-4-21(27)24-17-7-9-18(10-8-17)25-23(28)20-14-30-22(26-20)13-29-19-11-5-16(6-12-19)15(2)3/h5-6,11-12,14-15,17-18H,4,7-10,13H2,1-3H3,(H,24,27)(H,25,28). The summed E-state index contributed by atoms with van der Waals surface area (Å²) in [4.78, 5) is 28.5. The van der Waals surface area contributed by atoms with Crippen molar-refractivity contribution in [3.63, 3.8) is 0 Å². The first-order valence-corrected chi connectivity index (χ1v) is 11.6. The van der Waals surface area contributed by atoms with Crippen LogP contribution >= 0.6 is 11.3 Å². The lowest BCUT2D eigenvalue weighted by Gasteiger charge is -2.29. The molecule has 162 valence electrons. The fourth-order valence-corrected chi connectivity index (χ4v) is 4.23. The van der Waals surface area contributed by atoms with Crippen LogP contribution in [0.25, 0.3) is 0 Å². The zero-order valence-electron chi connectivity index (χ0n) is 17.9. The maximum Gasteiger partial charge on any atom is 0.270 e. The van der Waals surface area contributed by atoms with Gasteiger partial charge in [-0.3, -0.25) is 9.59 Å². The summed E-state index contributed by atoms with van der Waals surface area (Å²) in [5, 5.41) is 8.67. The van der Waals surface area contributed by atoms with Crippen LogP contribution in [0.2, 0.25) is 0 Å². The largest absolute Gasteiger partial charge is 0.486 e. The molecular formula is C23H31N3O3S. The van der Waals surface area contributed by atoms with Crippen LogP contribution in [0, 0.1) is 0 Å². The molecule has 0 unspecified atom stereocenters. The molecule has 0 radical (unpaired) electrons. The molecule has 1 aromatic carbocycles. The average molecular weight is 430 g/mol. The van der Waals surface area contributed by atoms with Gasteiger partial charge < -0.3 is 15.4 Å². The minimum Gasteiger partial charge on any atom is -0.486 e. The molecule has 6 nitrogen and oxygen atoms in total. The fraction of sp³-hybridized carbons (Fsp3) is 0.522. The van der Waals surface area contributed by atoms with Gasteiger partial charge >= 0.3 is 0 Å². The molecule has 7 heteroatoms. The number of rotatable bonds is 8. The number of carbonyl (C=O) groups excluding carboxylic acids is 2. The van der Waals surface area contributed by atoms with Gasteiger partial charge in [-0.05, 0) is 49.3 Å². The van der Waals surface area contributed by atoms with Gasteiger partial charge in [0, 0.05) is 23.9 Å². The highest BCUT2D eigenvalue weighted by atomic mass is 32.1. The van der Waals surface area contributed by atoms with Crippen LogP contribution in [0.3, 0.4) is 0 Å². The topological polar surface area (TPSA) is 80.3 Å². The minimum atomic E-state index is -0.139. The van der Waals surface area contributed by atoms with Crippen molar-refractivity contribution in [2.24, 2.45) is 0 Å². The van der Waals surface area contributed by atoms with Gasteiger partial charge in [0.25, 0.3) is 5.91 Å². The Morgan fingerprint density at radius 1 is 1.10 bits per heavy atom. The molecule has 0 atom stereocenters. The number of nitrogens with zero attached hydrogens (tertiary/aromatic N) is 1. The molecule has 0 saturated heterocycles. The summed E-state index contributed by atoms with van der Waals surface area (Å²) in [5.74, 6) is 1.24. The van der Waals surface area contributed by atoms with Crippen molar-refractivity contribution in [3.8, 4) is 5.75 Å². The molecular weight excluding hydrogens is 398 g/mol. The molecule has 0 aliphatic heterocycles. The molecule has 0 spiro atoms. The molecule has 2 aromatic rings. The van der Waals surface area contributed by atoms with E-state index in [1.165, 1.54) is 16.9 Å². The van der Waals surface area contributed by atoms with Crippen molar-refractivity contribution in [1.82, 2.24) is 15.6 Å². The van der Waals surface area contributed by atoms with Crippen LogP contribution in [0.4, 0.5) is 0 Å². The zero-order chi connectivity index (χ0) is 21.5. The Bertz CT molecular complexity index is 840. The minimum absolute atomic E-state index is 0.0931. The lowest BCUT2D eigenvalue weighted by Crippen LogP contribution is -2.43. The summed E-state index contributed by atoms with van der Waals surface area (Å²) >= 11 is 1.43. The van der Waals surface area contributed by atoms with Gasteiger partial charge in [-0.2, -0.15) is 0 Å². The van der Waals surface area contributed by atoms with E-state index in [1.54, 1.807) is 5.38 Å². The summed E-state index contributed by atoms with van der Waals surface area (Å²) in [7, 11) is 0. The molecule has 1 aromatic heterocycles. The smallest absolute Gasteiger partial charge is 0.270 e. The summed E-state index contributed by atoms with van der Waals surface area (Å²) in [6.45, 7) is 6.53. The molecule has 2 amide bonds. The van der Waals surface area contributed by atoms with Crippen LogP contribution in [0.5, 0.6) is 5.75 Å². The number of benzene rings is 1. The first kappa shape index (κ1) is 22.3. The molecule has 30 heavy (non-hydrogen) atoms. The SMILES string of the molecule is CCC(=O)NC1CCC(NC(=O)c2csc(COc3ccc(C(C)C)cc3)n2)CC1. The Hall–Kier alpha value is -2.41. The number of thiazole rings is 1. The monoisotopic (exact) mass is 429 g/mol. The number of amides is 2. The average Bonchev–Trinajstić information content (AvgIpc) is 3.23. The van der Waals surface area contributed by atoms with E-state index < -0.39 is 0 Å². The van der Waals surface area contributed by atoms with E-state index in [9.17, 15) is 9.59 Å². The van der Waals surface area contributed by atoms with Crippen LogP contribution in [-0.4, -0.2) is 28.9 Å². The molecule has 1 aliphatic carbocycles. The van der Waals surface area contributed by atoms with Gasteiger partial charge in [0.1, 0.15) is 23.1 Å². The molecule has 1 heterocycles. The Morgan fingerprint density at radius 2 is 1.73 bits per heavy atom. The van der Waals surface area contributed by atoms with E-state index >= 15 is 0 Å². The summed E-state index contributed by atoms with van der Waals surface area (Å²) < 4.78 is 5.80. The van der Waals surface area contributed by atoms with Crippen LogP contribution in [0.1, 0.15) is 79.9 Å². The molecule has 1 aliphatic rings. The molecule has 1 saturated carbocycles. The van der Waals surface area contributed by atoms with E-state index in [0.29, 0.717) is 24.6 Å². The second-order valence-electron chi connectivity index (χ2n) is 8.08. The van der Waals surface area contributed by atoms with E-state index in [4.69, 9.17) is 4.74 Å². The number of hydrogen-bond acceptors (Lipinski definition) is 5. The predicted molar refractivity (Wildman–Crippen MR) is 119 cm³/mol. The molecule has 0 bridgehead atoms. The third-order valence-corrected chi connectivity index (χ3v) is 6.26. The third-order valence-electron chi connectivity index (χ3n) is 5.44. The first-order chi connectivity index (χ1) is 14.4. The second kappa shape index (κ2) is 10.6. The van der Waals surface area contributed by atoms with E-state index in [2.05, 4.69) is 41.6 Å². The Labute approximate surface area is 182 Å². The Kier molecular flexibility index (Phi) is 7.85. The molecule has 3 rings (SSSR count). The lowest BCUT2D eigenvalue weighted by atomic mass is 9.91. The number of hydrogen-bond donors (Lipinski definition) is 2. The highest BCUT2D eigenvalue weighted by Crippen LogP contribution is 2.21. The highest BCUT2D eigenvalue weighted by Gasteiger charge is 2.24. The first-order valence-electron chi connectivity index (χ1n) is 10.7. The van der Waals surface area contributed by atoms with Crippen LogP contribution in [0.15, 0.2) is 29.6 Å². The lowest BCUT2D eigenvalue weighted by molar-refractivity contribution is -0.121. The van der Waals surface area contributed by atoms with Crippen molar-refractivity contribution in [2.75, 3.05) is 0 Å².